The first-order chi connectivity index (χ1) is 9.63. The number of methoxy groups -OCH3 is 1. The van der Waals surface area contributed by atoms with E-state index >= 15 is 0 Å². The maximum atomic E-state index is 12.1. The number of benzene rings is 1. The number of halogens is 2. The molecule has 0 saturated carbocycles. The second kappa shape index (κ2) is 7.01. The van der Waals surface area contributed by atoms with Gasteiger partial charge in [-0.05, 0) is 44.0 Å². The Morgan fingerprint density at radius 3 is 2.85 bits per heavy atom. The number of hydrogen-bond donors (Lipinski definition) is 0. The Kier molecular flexibility index (Phi) is 5.33. The van der Waals surface area contributed by atoms with Crippen LogP contribution in [0.15, 0.2) is 44.2 Å². The molecule has 5 nitrogen and oxygen atoms in total. The molecule has 20 heavy (non-hydrogen) atoms. The van der Waals surface area contributed by atoms with Gasteiger partial charge in [-0.1, -0.05) is 6.07 Å². The lowest BCUT2D eigenvalue weighted by molar-refractivity contribution is 0.146. The molecule has 1 aromatic carbocycles. The molecule has 0 amide bonds. The van der Waals surface area contributed by atoms with Crippen LogP contribution in [0.3, 0.4) is 0 Å². The van der Waals surface area contributed by atoms with Crippen LogP contribution < -0.4 is 10.3 Å². The molecule has 0 N–H and O–H groups in total. The average Bonchev–Trinajstić information content (AvgIpc) is 2.46. The van der Waals surface area contributed by atoms with Crippen LogP contribution in [0.25, 0.3) is 5.69 Å². The molecule has 0 unspecified atom stereocenters. The van der Waals surface area contributed by atoms with Crippen LogP contribution in [-0.2, 0) is 4.74 Å². The van der Waals surface area contributed by atoms with E-state index in [2.05, 4.69) is 37.0 Å². The number of hydrogen-bond acceptors (Lipinski definition) is 4. The van der Waals surface area contributed by atoms with Crippen LogP contribution in [0.1, 0.15) is 0 Å². The molecule has 2 aromatic rings. The van der Waals surface area contributed by atoms with Crippen molar-refractivity contribution in [3.8, 4) is 11.4 Å². The summed E-state index contributed by atoms with van der Waals surface area (Å²) in [6.07, 6.45) is 1.56. The highest BCUT2D eigenvalue weighted by Gasteiger charge is 2.08. The Balaban J connectivity index is 2.32. The lowest BCUT2D eigenvalue weighted by Gasteiger charge is -2.09. The summed E-state index contributed by atoms with van der Waals surface area (Å²) in [6.45, 7) is 0.957. The zero-order valence-corrected chi connectivity index (χ0v) is 13.8. The second-order valence-electron chi connectivity index (χ2n) is 3.86. The van der Waals surface area contributed by atoms with E-state index in [9.17, 15) is 4.79 Å². The largest absolute Gasteiger partial charge is 0.491 e. The number of rotatable bonds is 5. The van der Waals surface area contributed by atoms with Crippen molar-refractivity contribution in [1.82, 2.24) is 9.78 Å². The quantitative estimate of drug-likeness (QED) is 0.720. The van der Waals surface area contributed by atoms with Gasteiger partial charge in [0, 0.05) is 13.2 Å². The van der Waals surface area contributed by atoms with Crippen LogP contribution in [-0.4, -0.2) is 30.1 Å². The molecule has 0 radical (unpaired) electrons. The van der Waals surface area contributed by atoms with Crippen molar-refractivity contribution in [3.05, 3.63) is 49.8 Å². The Morgan fingerprint density at radius 2 is 2.10 bits per heavy atom. The Bertz CT molecular complexity index is 658. The lowest BCUT2D eigenvalue weighted by Crippen LogP contribution is -2.21. The molecule has 0 aliphatic carbocycles. The first-order valence-electron chi connectivity index (χ1n) is 5.79. The summed E-state index contributed by atoms with van der Waals surface area (Å²) in [5, 5.41) is 4.09. The van der Waals surface area contributed by atoms with E-state index in [-0.39, 0.29) is 5.56 Å². The van der Waals surface area contributed by atoms with Crippen molar-refractivity contribution < 1.29 is 9.47 Å². The van der Waals surface area contributed by atoms with E-state index in [1.807, 2.05) is 12.1 Å². The van der Waals surface area contributed by atoms with E-state index in [4.69, 9.17) is 9.47 Å². The molecule has 0 aliphatic heterocycles. The summed E-state index contributed by atoms with van der Waals surface area (Å²) in [5.41, 5.74) is 0.395. The first kappa shape index (κ1) is 15.2. The fraction of sp³-hybridized carbons (Fsp3) is 0.231. The maximum absolute atomic E-state index is 12.1. The minimum Gasteiger partial charge on any atom is -0.491 e. The van der Waals surface area contributed by atoms with Gasteiger partial charge in [-0.2, -0.15) is 9.78 Å². The molecular weight excluding hydrogens is 392 g/mol. The van der Waals surface area contributed by atoms with E-state index in [0.717, 1.165) is 0 Å². The monoisotopic (exact) mass is 402 g/mol. The van der Waals surface area contributed by atoms with Gasteiger partial charge in [-0.15, -0.1) is 0 Å². The molecule has 0 aliphatic rings. The van der Waals surface area contributed by atoms with Crippen molar-refractivity contribution in [2.75, 3.05) is 20.3 Å². The van der Waals surface area contributed by atoms with Crippen molar-refractivity contribution in [2.45, 2.75) is 0 Å². The Labute approximate surface area is 132 Å². The van der Waals surface area contributed by atoms with Crippen LogP contribution >= 0.6 is 31.9 Å². The highest BCUT2D eigenvalue weighted by Crippen LogP contribution is 2.19. The molecule has 0 bridgehead atoms. The standard InChI is InChI=1S/C13H12Br2N2O3/c1-19-5-6-20-10-4-2-3-9(7-10)17-13(18)12(15)11(14)8-16-17/h2-4,7-8H,5-6H2,1H3. The summed E-state index contributed by atoms with van der Waals surface area (Å²) < 4.78 is 12.8. The smallest absolute Gasteiger partial charge is 0.286 e. The lowest BCUT2D eigenvalue weighted by atomic mass is 10.3. The molecule has 0 spiro atoms. The van der Waals surface area contributed by atoms with Gasteiger partial charge < -0.3 is 9.47 Å². The molecule has 0 fully saturated rings. The van der Waals surface area contributed by atoms with Gasteiger partial charge in [-0.3, -0.25) is 4.79 Å². The fourth-order valence-electron chi connectivity index (χ4n) is 1.54. The van der Waals surface area contributed by atoms with Gasteiger partial charge in [0.15, 0.2) is 0 Å². The topological polar surface area (TPSA) is 53.4 Å². The van der Waals surface area contributed by atoms with Crippen LogP contribution in [0.5, 0.6) is 5.75 Å². The van der Waals surface area contributed by atoms with Crippen molar-refractivity contribution in [2.24, 2.45) is 0 Å². The summed E-state index contributed by atoms with van der Waals surface area (Å²) in [7, 11) is 1.61. The molecule has 0 atom stereocenters. The number of nitrogens with zero attached hydrogens (tertiary/aromatic N) is 2. The number of ether oxygens (including phenoxy) is 2. The van der Waals surface area contributed by atoms with Crippen LogP contribution in [0.4, 0.5) is 0 Å². The Morgan fingerprint density at radius 1 is 1.30 bits per heavy atom. The molecule has 2 rings (SSSR count). The van der Waals surface area contributed by atoms with Crippen molar-refractivity contribution in [1.29, 1.82) is 0 Å². The van der Waals surface area contributed by atoms with Crippen LogP contribution in [0, 0.1) is 0 Å². The highest BCUT2D eigenvalue weighted by molar-refractivity contribution is 9.13. The number of aromatic nitrogens is 2. The minimum absolute atomic E-state index is 0.242. The summed E-state index contributed by atoms with van der Waals surface area (Å²) in [6, 6.07) is 7.17. The third-order valence-corrected chi connectivity index (χ3v) is 4.39. The van der Waals surface area contributed by atoms with Gasteiger partial charge in [0.2, 0.25) is 0 Å². The third kappa shape index (κ3) is 3.47. The Hall–Kier alpha value is -1.18. The second-order valence-corrected chi connectivity index (χ2v) is 5.51. The van der Waals surface area contributed by atoms with E-state index in [0.29, 0.717) is 33.6 Å². The summed E-state index contributed by atoms with van der Waals surface area (Å²) in [4.78, 5) is 12.1. The molecule has 1 heterocycles. The SMILES string of the molecule is COCCOc1cccc(-n2ncc(Br)c(Br)c2=O)c1. The van der Waals surface area contributed by atoms with Crippen LogP contribution in [0.2, 0.25) is 0 Å². The summed E-state index contributed by atoms with van der Waals surface area (Å²) >= 11 is 6.48. The van der Waals surface area contributed by atoms with Gasteiger partial charge in [0.25, 0.3) is 5.56 Å². The van der Waals surface area contributed by atoms with Crippen molar-refractivity contribution >= 4 is 31.9 Å². The van der Waals surface area contributed by atoms with Crippen molar-refractivity contribution in [3.63, 3.8) is 0 Å². The van der Waals surface area contributed by atoms with Gasteiger partial charge in [0.05, 0.1) is 23.0 Å². The zero-order valence-electron chi connectivity index (χ0n) is 10.7. The minimum atomic E-state index is -0.242. The van der Waals surface area contributed by atoms with E-state index < -0.39 is 0 Å². The maximum Gasteiger partial charge on any atom is 0.286 e. The first-order valence-corrected chi connectivity index (χ1v) is 7.37. The molecule has 7 heteroatoms. The predicted octanol–water partition coefficient (Wildman–Crippen LogP) is 2.78. The van der Waals surface area contributed by atoms with Gasteiger partial charge >= 0.3 is 0 Å². The summed E-state index contributed by atoms with van der Waals surface area (Å²) in [5.74, 6) is 0.660. The zero-order chi connectivity index (χ0) is 14.5. The third-order valence-electron chi connectivity index (χ3n) is 2.49. The normalized spacial score (nSPS) is 10.6. The fourth-order valence-corrected chi connectivity index (χ4v) is 2.08. The van der Waals surface area contributed by atoms with Gasteiger partial charge in [0.1, 0.15) is 16.8 Å². The molecular formula is C13H12Br2N2O3. The predicted molar refractivity (Wildman–Crippen MR) is 82.6 cm³/mol. The molecule has 0 saturated heterocycles. The molecule has 1 aromatic heterocycles. The highest BCUT2D eigenvalue weighted by atomic mass is 79.9. The van der Waals surface area contributed by atoms with Gasteiger partial charge in [-0.25, -0.2) is 0 Å². The van der Waals surface area contributed by atoms with E-state index in [1.54, 1.807) is 25.4 Å². The molecule has 106 valence electrons. The van der Waals surface area contributed by atoms with E-state index in [1.165, 1.54) is 4.68 Å². The average molecular weight is 404 g/mol.